The summed E-state index contributed by atoms with van der Waals surface area (Å²) in [5, 5.41) is 6.55. The Balaban J connectivity index is 0.00000338. The fraction of sp³-hybridized carbons (Fsp3) is 0.632. The Morgan fingerprint density at radius 1 is 1.31 bits per heavy atom. The zero-order valence-electron chi connectivity index (χ0n) is 15.5. The Hall–Kier alpha value is -0.930. The van der Waals surface area contributed by atoms with Crippen molar-refractivity contribution in [2.45, 2.75) is 38.2 Å². The lowest BCUT2D eigenvalue weighted by molar-refractivity contribution is 0.0168. The zero-order valence-corrected chi connectivity index (χ0v) is 17.8. The summed E-state index contributed by atoms with van der Waals surface area (Å²) in [6.07, 6.45) is 5.26. The molecule has 0 radical (unpaired) electrons. The van der Waals surface area contributed by atoms with Gasteiger partial charge in [0.25, 0.3) is 0 Å². The average molecular weight is 479 g/mol. The largest absolute Gasteiger partial charge is 0.379 e. The fourth-order valence-corrected chi connectivity index (χ4v) is 2.78. The summed E-state index contributed by atoms with van der Waals surface area (Å²) in [7, 11) is 1.76. The van der Waals surface area contributed by atoms with E-state index in [1.807, 2.05) is 6.07 Å². The minimum Gasteiger partial charge on any atom is -0.379 e. The monoisotopic (exact) mass is 479 g/mol. The average Bonchev–Trinajstić information content (AvgIpc) is 3.13. The molecular weight excluding hydrogens is 448 g/mol. The van der Waals surface area contributed by atoms with Gasteiger partial charge in [0.15, 0.2) is 5.96 Å². The zero-order chi connectivity index (χ0) is 17.7. The van der Waals surface area contributed by atoms with Gasteiger partial charge in [-0.05, 0) is 49.8 Å². The molecule has 1 unspecified atom stereocenters. The molecule has 1 aromatic rings. The topological polar surface area (TPSA) is 54.9 Å². The molecule has 0 aliphatic carbocycles. The van der Waals surface area contributed by atoms with Gasteiger partial charge in [-0.3, -0.25) is 4.99 Å². The fourth-order valence-electron chi connectivity index (χ4n) is 2.78. The maximum atomic E-state index is 13.1. The molecule has 2 rings (SSSR count). The molecular formula is C19H31FIN3O2. The molecule has 0 bridgehead atoms. The number of halogens is 2. The van der Waals surface area contributed by atoms with Gasteiger partial charge in [0, 0.05) is 33.4 Å². The second-order valence-electron chi connectivity index (χ2n) is 6.22. The van der Waals surface area contributed by atoms with Gasteiger partial charge in [-0.25, -0.2) is 4.39 Å². The van der Waals surface area contributed by atoms with E-state index in [-0.39, 0.29) is 29.8 Å². The molecule has 0 amide bonds. The first kappa shape index (κ1) is 23.1. The number of hydrogen-bond acceptors (Lipinski definition) is 3. The predicted octanol–water partition coefficient (Wildman–Crippen LogP) is 3.13. The summed E-state index contributed by atoms with van der Waals surface area (Å²) in [5.74, 6) is 0.614. The lowest BCUT2D eigenvalue weighted by Crippen LogP contribution is -2.38. The number of nitrogens with one attached hydrogen (secondary N) is 2. The molecule has 2 N–H and O–H groups in total. The van der Waals surface area contributed by atoms with Crippen molar-refractivity contribution in [1.29, 1.82) is 0 Å². The van der Waals surface area contributed by atoms with Crippen molar-refractivity contribution in [2.75, 3.05) is 40.0 Å². The van der Waals surface area contributed by atoms with Crippen LogP contribution in [0, 0.1) is 5.82 Å². The number of aryl methyl sites for hydroxylation is 1. The van der Waals surface area contributed by atoms with Crippen LogP contribution in [0.25, 0.3) is 0 Å². The van der Waals surface area contributed by atoms with Crippen molar-refractivity contribution in [3.63, 3.8) is 0 Å². The van der Waals surface area contributed by atoms with E-state index in [9.17, 15) is 4.39 Å². The van der Waals surface area contributed by atoms with Crippen LogP contribution in [-0.4, -0.2) is 52.0 Å². The Morgan fingerprint density at radius 2 is 2.12 bits per heavy atom. The van der Waals surface area contributed by atoms with E-state index in [1.165, 1.54) is 6.07 Å². The van der Waals surface area contributed by atoms with Crippen LogP contribution in [0.1, 0.15) is 31.2 Å². The second kappa shape index (κ2) is 14.2. The van der Waals surface area contributed by atoms with E-state index in [2.05, 4.69) is 15.6 Å². The Bertz CT molecular complexity index is 525. The lowest BCUT2D eigenvalue weighted by atomic mass is 10.1. The number of hydrogen-bond donors (Lipinski definition) is 2. The van der Waals surface area contributed by atoms with E-state index in [0.717, 1.165) is 69.9 Å². The van der Waals surface area contributed by atoms with Crippen molar-refractivity contribution in [2.24, 2.45) is 4.99 Å². The summed E-state index contributed by atoms with van der Waals surface area (Å²) in [6, 6.07) is 6.76. The Labute approximate surface area is 173 Å². The quantitative estimate of drug-likeness (QED) is 0.235. The number of aliphatic imine (C=N–C) groups is 1. The minimum atomic E-state index is -0.176. The summed E-state index contributed by atoms with van der Waals surface area (Å²) in [5.41, 5.74) is 1.02. The lowest BCUT2D eigenvalue weighted by Gasteiger charge is -2.13. The maximum absolute atomic E-state index is 13.1. The molecule has 0 saturated carbocycles. The first-order valence-corrected chi connectivity index (χ1v) is 9.16. The van der Waals surface area contributed by atoms with Gasteiger partial charge in [0.2, 0.25) is 0 Å². The summed E-state index contributed by atoms with van der Waals surface area (Å²) >= 11 is 0. The highest BCUT2D eigenvalue weighted by Gasteiger charge is 2.14. The van der Waals surface area contributed by atoms with Crippen molar-refractivity contribution in [3.05, 3.63) is 35.6 Å². The van der Waals surface area contributed by atoms with E-state index in [4.69, 9.17) is 9.47 Å². The van der Waals surface area contributed by atoms with Gasteiger partial charge in [-0.15, -0.1) is 24.0 Å². The van der Waals surface area contributed by atoms with Crippen molar-refractivity contribution < 1.29 is 13.9 Å². The van der Waals surface area contributed by atoms with Gasteiger partial charge >= 0.3 is 0 Å². The highest BCUT2D eigenvalue weighted by Crippen LogP contribution is 2.11. The molecule has 1 aliphatic rings. The van der Waals surface area contributed by atoms with Crippen molar-refractivity contribution in [3.8, 4) is 0 Å². The normalized spacial score (nSPS) is 17.0. The number of ether oxygens (including phenoxy) is 2. The maximum Gasteiger partial charge on any atom is 0.190 e. The molecule has 1 aliphatic heterocycles. The summed E-state index contributed by atoms with van der Waals surface area (Å²) < 4.78 is 24.3. The molecule has 26 heavy (non-hydrogen) atoms. The number of nitrogens with zero attached hydrogens (tertiary/aromatic N) is 1. The van der Waals surface area contributed by atoms with E-state index < -0.39 is 0 Å². The van der Waals surface area contributed by atoms with Gasteiger partial charge in [0.1, 0.15) is 5.82 Å². The van der Waals surface area contributed by atoms with Crippen LogP contribution in [0.15, 0.2) is 29.3 Å². The van der Waals surface area contributed by atoms with Crippen molar-refractivity contribution in [1.82, 2.24) is 10.6 Å². The first-order chi connectivity index (χ1) is 12.3. The second-order valence-corrected chi connectivity index (χ2v) is 6.22. The van der Waals surface area contributed by atoms with Gasteiger partial charge in [-0.1, -0.05) is 12.1 Å². The Kier molecular flexibility index (Phi) is 12.6. The van der Waals surface area contributed by atoms with Crippen LogP contribution in [0.5, 0.6) is 0 Å². The highest BCUT2D eigenvalue weighted by atomic mass is 127. The smallest absolute Gasteiger partial charge is 0.190 e. The Morgan fingerprint density at radius 3 is 2.81 bits per heavy atom. The van der Waals surface area contributed by atoms with E-state index in [0.29, 0.717) is 12.7 Å². The molecule has 0 spiro atoms. The van der Waals surface area contributed by atoms with Crippen LogP contribution >= 0.6 is 24.0 Å². The first-order valence-electron chi connectivity index (χ1n) is 9.16. The summed E-state index contributed by atoms with van der Waals surface area (Å²) in [4.78, 5) is 4.20. The van der Waals surface area contributed by atoms with Crippen molar-refractivity contribution >= 4 is 29.9 Å². The van der Waals surface area contributed by atoms with Crippen LogP contribution in [0.4, 0.5) is 4.39 Å². The molecule has 1 aromatic carbocycles. The SMILES string of the molecule is CN=C(NCCCOCC1CCCO1)NCCCc1cccc(F)c1.I. The molecule has 148 valence electrons. The third kappa shape index (κ3) is 9.68. The number of benzene rings is 1. The van der Waals surface area contributed by atoms with Crippen LogP contribution < -0.4 is 10.6 Å². The van der Waals surface area contributed by atoms with Gasteiger partial charge < -0.3 is 20.1 Å². The number of guanidine groups is 1. The third-order valence-electron chi connectivity index (χ3n) is 4.13. The molecule has 7 heteroatoms. The van der Waals surface area contributed by atoms with Crippen LogP contribution in [-0.2, 0) is 15.9 Å². The van der Waals surface area contributed by atoms with E-state index >= 15 is 0 Å². The molecule has 1 saturated heterocycles. The highest BCUT2D eigenvalue weighted by molar-refractivity contribution is 14.0. The van der Waals surface area contributed by atoms with Gasteiger partial charge in [0.05, 0.1) is 12.7 Å². The third-order valence-corrected chi connectivity index (χ3v) is 4.13. The minimum absolute atomic E-state index is 0. The molecule has 1 atom stereocenters. The number of rotatable bonds is 10. The van der Waals surface area contributed by atoms with Gasteiger partial charge in [-0.2, -0.15) is 0 Å². The van der Waals surface area contributed by atoms with Crippen LogP contribution in [0.3, 0.4) is 0 Å². The summed E-state index contributed by atoms with van der Waals surface area (Å²) in [6.45, 7) is 3.91. The molecule has 5 nitrogen and oxygen atoms in total. The predicted molar refractivity (Wildman–Crippen MR) is 114 cm³/mol. The molecule has 1 fully saturated rings. The molecule has 0 aromatic heterocycles. The standard InChI is InChI=1S/C19H30FN3O2.HI/c1-21-19(22-10-3-7-16-6-2-8-17(20)14-16)23-11-5-12-24-15-18-9-4-13-25-18;/h2,6,8,14,18H,3-5,7,9-13,15H2,1H3,(H2,21,22,23);1H. The molecule has 1 heterocycles. The van der Waals surface area contributed by atoms with E-state index in [1.54, 1.807) is 19.2 Å². The van der Waals surface area contributed by atoms with Crippen LogP contribution in [0.2, 0.25) is 0 Å².